The van der Waals surface area contributed by atoms with E-state index < -0.39 is 7.54 Å². The van der Waals surface area contributed by atoms with Gasteiger partial charge in [0, 0.05) is 0 Å². The van der Waals surface area contributed by atoms with Gasteiger partial charge in [0.2, 0.25) is 0 Å². The number of rotatable bonds is 3. The zero-order chi connectivity index (χ0) is 8.69. The third kappa shape index (κ3) is 14.3. The summed E-state index contributed by atoms with van der Waals surface area (Å²) < 4.78 is 35.3. The van der Waals surface area contributed by atoms with E-state index >= 15 is 0 Å². The van der Waals surface area contributed by atoms with Crippen LogP contribution in [0.2, 0.25) is 0 Å². The van der Waals surface area contributed by atoms with Crippen LogP contribution < -0.4 is 0 Å². The van der Waals surface area contributed by atoms with Crippen molar-refractivity contribution in [2.24, 2.45) is 5.92 Å². The van der Waals surface area contributed by atoms with Crippen LogP contribution in [-0.2, 0) is 4.74 Å². The fourth-order valence-electron chi connectivity index (χ4n) is 0.569. The molecule has 1 rings (SSSR count). The Bertz CT molecular complexity index is 89.0. The number of hydrogen-bond donors (Lipinski definition) is 0. The SMILES string of the molecule is FB(F)F.[K][CH2]OCC1CC1. The molecular weight excluding hydrogens is 183 g/mol. The predicted molar refractivity (Wildman–Crippen MR) is 38.4 cm³/mol. The van der Waals surface area contributed by atoms with Crippen LogP contribution in [0.5, 0.6) is 0 Å². The van der Waals surface area contributed by atoms with Crippen LogP contribution in [0.25, 0.3) is 0 Å². The van der Waals surface area contributed by atoms with Gasteiger partial charge >= 0.3 is 87.3 Å². The molecule has 0 radical (unpaired) electrons. The van der Waals surface area contributed by atoms with E-state index in [1.54, 1.807) is 0 Å². The molecule has 0 saturated heterocycles. The molecule has 0 N–H and O–H groups in total. The van der Waals surface area contributed by atoms with Gasteiger partial charge in [-0.3, -0.25) is 12.9 Å². The van der Waals surface area contributed by atoms with E-state index in [0.29, 0.717) is 0 Å². The second kappa shape index (κ2) is 8.07. The van der Waals surface area contributed by atoms with Crippen molar-refractivity contribution in [2.45, 2.75) is 12.8 Å². The molecule has 1 nitrogen and oxygen atoms in total. The molecule has 0 aliphatic heterocycles. The maximum absolute atomic E-state index is 9.67. The standard InChI is InChI=1S/C5H9O.BF3.K/c1-6-4-5-2-3-5;2-1(3)4;/h5H,1-4H2;;. The van der Waals surface area contributed by atoms with Gasteiger partial charge < -0.3 is 0 Å². The molecule has 60 valence electrons. The van der Waals surface area contributed by atoms with Crippen molar-refractivity contribution in [3.63, 3.8) is 0 Å². The summed E-state index contributed by atoms with van der Waals surface area (Å²) in [5.74, 6) is 0.961. The third-order valence-electron chi connectivity index (χ3n) is 1.25. The van der Waals surface area contributed by atoms with Crippen molar-refractivity contribution < 1.29 is 17.7 Å². The zero-order valence-corrected chi connectivity index (χ0v) is 9.65. The molecule has 1 fully saturated rings. The van der Waals surface area contributed by atoms with Crippen LogP contribution in [0.3, 0.4) is 0 Å². The Morgan fingerprint density at radius 3 is 2.09 bits per heavy atom. The van der Waals surface area contributed by atoms with E-state index in [2.05, 4.69) is 0 Å². The quantitative estimate of drug-likeness (QED) is 0.614. The molecule has 0 amide bonds. The molecule has 1 aliphatic rings. The molecule has 1 aliphatic carbocycles. The van der Waals surface area contributed by atoms with Crippen molar-refractivity contribution in [1.82, 2.24) is 0 Å². The number of halogens is 3. The number of hydrogen-bond acceptors (Lipinski definition) is 1. The van der Waals surface area contributed by atoms with Gasteiger partial charge in [-0.05, 0) is 0 Å². The van der Waals surface area contributed by atoms with E-state index in [0.717, 1.165) is 62.2 Å². The summed E-state index contributed by atoms with van der Waals surface area (Å²) in [4.78, 5) is 0. The maximum atomic E-state index is 9.67. The molecule has 0 heterocycles. The first-order valence-electron chi connectivity index (χ1n) is 3.66. The van der Waals surface area contributed by atoms with Gasteiger partial charge in [0.25, 0.3) is 0 Å². The molecule has 0 spiro atoms. The Morgan fingerprint density at radius 1 is 1.36 bits per heavy atom. The second-order valence-electron chi connectivity index (χ2n) is 2.35. The fourth-order valence-corrected chi connectivity index (χ4v) is 0.937. The molecular formula is C5H9BF3KO. The van der Waals surface area contributed by atoms with Gasteiger partial charge in [0.05, 0.1) is 0 Å². The van der Waals surface area contributed by atoms with Crippen LogP contribution in [0.15, 0.2) is 0 Å². The Hall–Kier alpha value is 1.45. The molecule has 0 aromatic carbocycles. The van der Waals surface area contributed by atoms with Crippen LogP contribution in [0.1, 0.15) is 12.8 Å². The van der Waals surface area contributed by atoms with Crippen molar-refractivity contribution in [3.8, 4) is 0 Å². The van der Waals surface area contributed by atoms with Crippen LogP contribution in [-0.4, -0.2) is 63.8 Å². The Morgan fingerprint density at radius 2 is 1.82 bits per heavy atom. The molecule has 11 heavy (non-hydrogen) atoms. The molecule has 0 unspecified atom stereocenters. The first-order chi connectivity index (χ1) is 5.16. The summed E-state index contributed by atoms with van der Waals surface area (Å²) in [5, 5.41) is 0. The van der Waals surface area contributed by atoms with Crippen LogP contribution >= 0.6 is 0 Å². The summed E-state index contributed by atoms with van der Waals surface area (Å²) in [5.41, 5.74) is 0. The summed E-state index contributed by atoms with van der Waals surface area (Å²) in [6.45, 7) is 1.06. The molecule has 0 aromatic rings. The zero-order valence-electron chi connectivity index (χ0n) is 6.53. The summed E-state index contributed by atoms with van der Waals surface area (Å²) in [6, 6.07) is 0. The summed E-state index contributed by atoms with van der Waals surface area (Å²) in [7, 11) is -3.67. The van der Waals surface area contributed by atoms with Gasteiger partial charge in [0.15, 0.2) is 0 Å². The van der Waals surface area contributed by atoms with Crippen molar-refractivity contribution >= 4 is 56.5 Å². The molecule has 1 saturated carbocycles. The topological polar surface area (TPSA) is 9.23 Å². The Labute approximate surface area is 98.9 Å². The van der Waals surface area contributed by atoms with Gasteiger partial charge in [-0.25, -0.2) is 0 Å². The average Bonchev–Trinajstić information content (AvgIpc) is 2.64. The fraction of sp³-hybridized carbons (Fsp3) is 1.00. The van der Waals surface area contributed by atoms with E-state index in [4.69, 9.17) is 4.74 Å². The van der Waals surface area contributed by atoms with Crippen LogP contribution in [0.4, 0.5) is 12.9 Å². The predicted octanol–water partition coefficient (Wildman–Crippen LogP) is 1.42. The Kier molecular flexibility index (Phi) is 9.13. The van der Waals surface area contributed by atoms with E-state index in [-0.39, 0.29) is 0 Å². The molecule has 0 atom stereocenters. The van der Waals surface area contributed by atoms with E-state index in [1.165, 1.54) is 12.8 Å². The van der Waals surface area contributed by atoms with Crippen molar-refractivity contribution in [1.29, 1.82) is 0 Å². The molecule has 6 heteroatoms. The van der Waals surface area contributed by atoms with E-state index in [1.807, 2.05) is 0 Å². The van der Waals surface area contributed by atoms with Gasteiger partial charge in [-0.2, -0.15) is 0 Å². The van der Waals surface area contributed by atoms with Gasteiger partial charge in [-0.15, -0.1) is 0 Å². The van der Waals surface area contributed by atoms with Gasteiger partial charge in [-0.1, -0.05) is 0 Å². The number of ether oxygens (including phenoxy) is 1. The van der Waals surface area contributed by atoms with Crippen molar-refractivity contribution in [2.75, 3.05) is 7.31 Å². The van der Waals surface area contributed by atoms with E-state index in [9.17, 15) is 12.9 Å². The summed E-state index contributed by atoms with van der Waals surface area (Å²) in [6.07, 6.45) is 2.85. The molecule has 0 aromatic heterocycles. The first-order valence-corrected chi connectivity index (χ1v) is 5.87. The van der Waals surface area contributed by atoms with Crippen molar-refractivity contribution in [3.05, 3.63) is 0 Å². The normalized spacial score (nSPS) is 15.4. The van der Waals surface area contributed by atoms with Gasteiger partial charge in [0.1, 0.15) is 0 Å². The Balaban J connectivity index is 0.000000218. The third-order valence-corrected chi connectivity index (χ3v) is 1.89. The minimum absolute atomic E-state index is 0.905. The monoisotopic (exact) mass is 192 g/mol. The second-order valence-corrected chi connectivity index (χ2v) is 3.25. The first kappa shape index (κ1) is 12.5. The minimum atomic E-state index is -3.67. The van der Waals surface area contributed by atoms with Crippen LogP contribution in [0, 0.1) is 5.92 Å². The summed E-state index contributed by atoms with van der Waals surface area (Å²) >= 11 is 0.905. The molecule has 0 bridgehead atoms. The average molecular weight is 192 g/mol.